The lowest BCUT2D eigenvalue weighted by atomic mass is 10.0. The third-order valence-electron chi connectivity index (χ3n) is 4.14. The number of benzene rings is 2. The Morgan fingerprint density at radius 1 is 1.07 bits per heavy atom. The standard InChI is InChI=1S/C21H19Cl2NO3/c1-3-27-21(25)19-13-24(11-15-4-7-16(22)10-20(15)23)12-18(19)14-5-8-17(26-2)9-6-14/h4-10,12-13H,3,11H2,1-2H3. The fraction of sp³-hybridized carbons (Fsp3) is 0.190. The molecule has 0 atom stereocenters. The van der Waals surface area contributed by atoms with E-state index in [-0.39, 0.29) is 5.97 Å². The molecule has 4 nitrogen and oxygen atoms in total. The summed E-state index contributed by atoms with van der Waals surface area (Å²) >= 11 is 12.3. The molecule has 1 aromatic heterocycles. The van der Waals surface area contributed by atoms with Crippen LogP contribution in [0.3, 0.4) is 0 Å². The molecule has 0 aliphatic carbocycles. The second-order valence-electron chi connectivity index (χ2n) is 5.94. The average molecular weight is 404 g/mol. The minimum atomic E-state index is -0.357. The van der Waals surface area contributed by atoms with E-state index in [4.69, 9.17) is 32.7 Å². The lowest BCUT2D eigenvalue weighted by molar-refractivity contribution is 0.0527. The molecule has 0 radical (unpaired) electrons. The van der Waals surface area contributed by atoms with Crippen LogP contribution in [-0.2, 0) is 11.3 Å². The van der Waals surface area contributed by atoms with Crippen molar-refractivity contribution in [2.24, 2.45) is 0 Å². The smallest absolute Gasteiger partial charge is 0.340 e. The molecule has 6 heteroatoms. The maximum atomic E-state index is 12.4. The van der Waals surface area contributed by atoms with Crippen LogP contribution in [0, 0.1) is 0 Å². The SMILES string of the molecule is CCOC(=O)c1cn(Cc2ccc(Cl)cc2Cl)cc1-c1ccc(OC)cc1. The zero-order chi connectivity index (χ0) is 19.4. The Bertz CT molecular complexity index is 949. The van der Waals surface area contributed by atoms with E-state index in [1.54, 1.807) is 32.4 Å². The summed E-state index contributed by atoms with van der Waals surface area (Å²) in [4.78, 5) is 12.4. The molecule has 0 unspecified atom stereocenters. The molecular formula is C21H19Cl2NO3. The van der Waals surface area contributed by atoms with Crippen LogP contribution in [0.2, 0.25) is 10.0 Å². The van der Waals surface area contributed by atoms with Crippen molar-refractivity contribution in [1.29, 1.82) is 0 Å². The van der Waals surface area contributed by atoms with Gasteiger partial charge in [0, 0.05) is 34.5 Å². The van der Waals surface area contributed by atoms with Gasteiger partial charge in [-0.1, -0.05) is 41.4 Å². The van der Waals surface area contributed by atoms with Crippen LogP contribution >= 0.6 is 23.2 Å². The number of carbonyl (C=O) groups is 1. The molecule has 0 N–H and O–H groups in total. The summed E-state index contributed by atoms with van der Waals surface area (Å²) < 4.78 is 12.3. The normalized spacial score (nSPS) is 10.7. The van der Waals surface area contributed by atoms with Crippen LogP contribution < -0.4 is 4.74 Å². The summed E-state index contributed by atoms with van der Waals surface area (Å²) in [5, 5.41) is 1.17. The molecular weight excluding hydrogens is 385 g/mol. The van der Waals surface area contributed by atoms with E-state index in [9.17, 15) is 4.79 Å². The second kappa shape index (κ2) is 8.51. The topological polar surface area (TPSA) is 40.5 Å². The van der Waals surface area contributed by atoms with E-state index in [2.05, 4.69) is 0 Å². The van der Waals surface area contributed by atoms with E-state index < -0.39 is 0 Å². The monoisotopic (exact) mass is 403 g/mol. The highest BCUT2D eigenvalue weighted by atomic mass is 35.5. The molecule has 0 amide bonds. The molecule has 2 aromatic carbocycles. The zero-order valence-electron chi connectivity index (χ0n) is 15.0. The second-order valence-corrected chi connectivity index (χ2v) is 6.79. The lowest BCUT2D eigenvalue weighted by Crippen LogP contribution is -2.05. The van der Waals surface area contributed by atoms with E-state index in [0.717, 1.165) is 22.4 Å². The third kappa shape index (κ3) is 4.46. The van der Waals surface area contributed by atoms with Crippen molar-refractivity contribution in [3.8, 4) is 16.9 Å². The van der Waals surface area contributed by atoms with Gasteiger partial charge in [-0.3, -0.25) is 0 Å². The van der Waals surface area contributed by atoms with Gasteiger partial charge in [-0.05, 0) is 42.3 Å². The number of aromatic nitrogens is 1. The predicted octanol–water partition coefficient (Wildman–Crippen LogP) is 5.70. The molecule has 0 bridgehead atoms. The van der Waals surface area contributed by atoms with Crippen molar-refractivity contribution in [1.82, 2.24) is 4.57 Å². The minimum absolute atomic E-state index is 0.315. The number of esters is 1. The van der Waals surface area contributed by atoms with Crippen molar-refractivity contribution < 1.29 is 14.3 Å². The zero-order valence-corrected chi connectivity index (χ0v) is 16.6. The molecule has 1 heterocycles. The Morgan fingerprint density at radius 2 is 1.81 bits per heavy atom. The van der Waals surface area contributed by atoms with Crippen molar-refractivity contribution >= 4 is 29.2 Å². The number of ether oxygens (including phenoxy) is 2. The van der Waals surface area contributed by atoms with Crippen LogP contribution in [0.15, 0.2) is 54.9 Å². The van der Waals surface area contributed by atoms with Gasteiger partial charge in [0.05, 0.1) is 19.3 Å². The molecule has 0 fully saturated rings. The van der Waals surface area contributed by atoms with Crippen LogP contribution in [0.4, 0.5) is 0 Å². The van der Waals surface area contributed by atoms with Gasteiger partial charge in [-0.25, -0.2) is 4.79 Å². The van der Waals surface area contributed by atoms with Gasteiger partial charge in [0.2, 0.25) is 0 Å². The molecule has 0 saturated carbocycles. The number of nitrogens with zero attached hydrogens (tertiary/aromatic N) is 1. The quantitative estimate of drug-likeness (QED) is 0.495. The Hall–Kier alpha value is -2.43. The summed E-state index contributed by atoms with van der Waals surface area (Å²) in [5.74, 6) is 0.396. The first-order valence-corrected chi connectivity index (χ1v) is 9.22. The van der Waals surface area contributed by atoms with Crippen LogP contribution in [0.25, 0.3) is 11.1 Å². The Balaban J connectivity index is 1.99. The molecule has 0 spiro atoms. The first kappa shape index (κ1) is 19.3. The minimum Gasteiger partial charge on any atom is -0.497 e. The first-order chi connectivity index (χ1) is 13.0. The molecule has 0 aliphatic rings. The van der Waals surface area contributed by atoms with E-state index in [0.29, 0.717) is 28.8 Å². The predicted molar refractivity (Wildman–Crippen MR) is 108 cm³/mol. The van der Waals surface area contributed by atoms with Gasteiger partial charge in [0.25, 0.3) is 0 Å². The Morgan fingerprint density at radius 3 is 2.44 bits per heavy atom. The number of hydrogen-bond acceptors (Lipinski definition) is 3. The number of carbonyl (C=O) groups excluding carboxylic acids is 1. The van der Waals surface area contributed by atoms with Gasteiger partial charge in [0.1, 0.15) is 5.75 Å². The fourth-order valence-electron chi connectivity index (χ4n) is 2.82. The maximum absolute atomic E-state index is 12.4. The number of hydrogen-bond donors (Lipinski definition) is 0. The van der Waals surface area contributed by atoms with Crippen molar-refractivity contribution in [2.75, 3.05) is 13.7 Å². The lowest BCUT2D eigenvalue weighted by Gasteiger charge is -2.06. The maximum Gasteiger partial charge on any atom is 0.340 e. The first-order valence-electron chi connectivity index (χ1n) is 8.47. The summed E-state index contributed by atoms with van der Waals surface area (Å²) in [6.07, 6.45) is 3.70. The Labute approximate surface area is 168 Å². The van der Waals surface area contributed by atoms with Crippen LogP contribution in [-0.4, -0.2) is 24.3 Å². The van der Waals surface area contributed by atoms with Crippen LogP contribution in [0.5, 0.6) is 5.75 Å². The molecule has 3 rings (SSSR count). The van der Waals surface area contributed by atoms with Gasteiger partial charge in [0.15, 0.2) is 0 Å². The number of methoxy groups -OCH3 is 1. The summed E-state index contributed by atoms with van der Waals surface area (Å²) in [6.45, 7) is 2.61. The Kier molecular flexibility index (Phi) is 6.09. The van der Waals surface area contributed by atoms with Gasteiger partial charge < -0.3 is 14.0 Å². The highest BCUT2D eigenvalue weighted by Gasteiger charge is 2.18. The molecule has 27 heavy (non-hydrogen) atoms. The number of halogens is 2. The summed E-state index contributed by atoms with van der Waals surface area (Å²) in [7, 11) is 1.62. The van der Waals surface area contributed by atoms with Crippen LogP contribution in [0.1, 0.15) is 22.8 Å². The van der Waals surface area contributed by atoms with E-state index >= 15 is 0 Å². The van der Waals surface area contributed by atoms with Gasteiger partial charge in [-0.15, -0.1) is 0 Å². The largest absolute Gasteiger partial charge is 0.497 e. The molecule has 0 saturated heterocycles. The average Bonchev–Trinajstić information content (AvgIpc) is 3.08. The highest BCUT2D eigenvalue weighted by Crippen LogP contribution is 2.29. The van der Waals surface area contributed by atoms with Gasteiger partial charge in [-0.2, -0.15) is 0 Å². The number of rotatable bonds is 6. The molecule has 0 aliphatic heterocycles. The van der Waals surface area contributed by atoms with Crippen molar-refractivity contribution in [2.45, 2.75) is 13.5 Å². The summed E-state index contributed by atoms with van der Waals surface area (Å²) in [5.41, 5.74) is 3.11. The molecule has 3 aromatic rings. The third-order valence-corrected chi connectivity index (χ3v) is 4.73. The van der Waals surface area contributed by atoms with Crippen molar-refractivity contribution in [3.63, 3.8) is 0 Å². The fourth-order valence-corrected chi connectivity index (χ4v) is 3.29. The van der Waals surface area contributed by atoms with E-state index in [1.807, 2.05) is 41.1 Å². The summed E-state index contributed by atoms with van der Waals surface area (Å²) in [6, 6.07) is 12.9. The van der Waals surface area contributed by atoms with E-state index in [1.165, 1.54) is 0 Å². The molecule has 140 valence electrons. The highest BCUT2D eigenvalue weighted by molar-refractivity contribution is 6.35. The van der Waals surface area contributed by atoms with Crippen molar-refractivity contribution in [3.05, 3.63) is 76.0 Å². The van der Waals surface area contributed by atoms with Gasteiger partial charge >= 0.3 is 5.97 Å².